The van der Waals surface area contributed by atoms with Crippen LogP contribution in [-0.2, 0) is 11.2 Å². The van der Waals surface area contributed by atoms with E-state index >= 15 is 0 Å². The lowest BCUT2D eigenvalue weighted by molar-refractivity contribution is -0.120. The molecule has 132 valence electrons. The van der Waals surface area contributed by atoms with Crippen molar-refractivity contribution in [1.82, 2.24) is 10.4 Å². The molecule has 0 aliphatic rings. The second-order valence-corrected chi connectivity index (χ2v) is 6.70. The van der Waals surface area contributed by atoms with Crippen LogP contribution in [0.15, 0.2) is 65.1 Å². The predicted molar refractivity (Wildman–Crippen MR) is 103 cm³/mol. The van der Waals surface area contributed by atoms with Gasteiger partial charge in [-0.2, -0.15) is 5.10 Å². The minimum Gasteiger partial charge on any atom is -0.273 e. The molecule has 0 radical (unpaired) electrons. The van der Waals surface area contributed by atoms with E-state index in [0.717, 1.165) is 16.1 Å². The summed E-state index contributed by atoms with van der Waals surface area (Å²) >= 11 is 1.42. The second-order valence-electron chi connectivity index (χ2n) is 5.84. The molecule has 0 bridgehead atoms. The van der Waals surface area contributed by atoms with Crippen LogP contribution in [0, 0.1) is 5.82 Å². The fraction of sp³-hybridized carbons (Fsp3) is 0.150. The Morgan fingerprint density at radius 3 is 2.69 bits per heavy atom. The third-order valence-corrected chi connectivity index (χ3v) is 4.74. The number of nitrogens with one attached hydrogen (secondary N) is 1. The van der Waals surface area contributed by atoms with Crippen molar-refractivity contribution in [1.29, 1.82) is 0 Å². The van der Waals surface area contributed by atoms with Crippen LogP contribution in [-0.4, -0.2) is 17.1 Å². The Morgan fingerprint density at radius 2 is 1.96 bits per heavy atom. The first-order valence-electron chi connectivity index (χ1n) is 8.19. The van der Waals surface area contributed by atoms with Crippen LogP contribution in [0.4, 0.5) is 4.39 Å². The average molecular weight is 367 g/mol. The molecular weight excluding hydrogens is 349 g/mol. The minimum absolute atomic E-state index is 0.112. The standard InChI is InChI=1S/C20H18FN3OS/c1-14(15-5-3-2-4-6-15)12-22-24-19(25)11-18-13-26-20(23-18)16-7-9-17(21)10-8-16/h2-10,12-14H,11H2,1H3,(H,24,25)/b22-12-/t14-/m1/s1. The number of aromatic nitrogens is 1. The molecule has 1 N–H and O–H groups in total. The number of carbonyl (C=O) groups is 1. The van der Waals surface area contributed by atoms with Gasteiger partial charge < -0.3 is 0 Å². The first kappa shape index (κ1) is 17.9. The molecule has 0 saturated heterocycles. The van der Waals surface area contributed by atoms with E-state index in [1.54, 1.807) is 18.3 Å². The minimum atomic E-state index is -0.285. The maximum atomic E-state index is 13.0. The van der Waals surface area contributed by atoms with Gasteiger partial charge in [0.05, 0.1) is 12.1 Å². The number of amides is 1. The SMILES string of the molecule is C[C@H](/C=N\NC(=O)Cc1csc(-c2ccc(F)cc2)n1)c1ccccc1. The quantitative estimate of drug-likeness (QED) is 0.519. The third-order valence-electron chi connectivity index (χ3n) is 3.80. The highest BCUT2D eigenvalue weighted by atomic mass is 32.1. The number of rotatable bonds is 6. The number of nitrogens with zero attached hydrogens (tertiary/aromatic N) is 2. The molecule has 0 aliphatic heterocycles. The van der Waals surface area contributed by atoms with Gasteiger partial charge in [0.15, 0.2) is 0 Å². The Balaban J connectivity index is 1.54. The number of carbonyl (C=O) groups excluding carboxylic acids is 1. The highest BCUT2D eigenvalue weighted by Crippen LogP contribution is 2.24. The lowest BCUT2D eigenvalue weighted by Crippen LogP contribution is -2.20. The summed E-state index contributed by atoms with van der Waals surface area (Å²) in [6.45, 7) is 2.01. The molecule has 0 aliphatic carbocycles. The number of benzene rings is 2. The zero-order chi connectivity index (χ0) is 18.4. The Hall–Kier alpha value is -2.86. The summed E-state index contributed by atoms with van der Waals surface area (Å²) < 4.78 is 13.0. The topological polar surface area (TPSA) is 54.4 Å². The molecule has 1 atom stereocenters. The van der Waals surface area contributed by atoms with Crippen LogP contribution in [0.25, 0.3) is 10.6 Å². The van der Waals surface area contributed by atoms with Crippen molar-refractivity contribution in [3.8, 4) is 10.6 Å². The van der Waals surface area contributed by atoms with Crippen LogP contribution >= 0.6 is 11.3 Å². The molecule has 6 heteroatoms. The predicted octanol–water partition coefficient (Wildman–Crippen LogP) is 4.40. The number of hydrazone groups is 1. The molecule has 2 aromatic carbocycles. The summed E-state index contributed by atoms with van der Waals surface area (Å²) in [7, 11) is 0. The molecule has 3 rings (SSSR count). The van der Waals surface area contributed by atoms with Crippen molar-refractivity contribution in [3.63, 3.8) is 0 Å². The molecule has 1 heterocycles. The van der Waals surface area contributed by atoms with Gasteiger partial charge in [-0.15, -0.1) is 11.3 Å². The van der Waals surface area contributed by atoms with Crippen molar-refractivity contribution in [2.75, 3.05) is 0 Å². The fourth-order valence-corrected chi connectivity index (χ4v) is 3.21. The van der Waals surface area contributed by atoms with E-state index < -0.39 is 0 Å². The zero-order valence-electron chi connectivity index (χ0n) is 14.2. The molecule has 3 aromatic rings. The van der Waals surface area contributed by atoms with Crippen LogP contribution in [0.2, 0.25) is 0 Å². The summed E-state index contributed by atoms with van der Waals surface area (Å²) in [6.07, 6.45) is 1.85. The van der Waals surface area contributed by atoms with E-state index in [1.165, 1.54) is 23.5 Å². The first-order valence-corrected chi connectivity index (χ1v) is 9.07. The van der Waals surface area contributed by atoms with E-state index in [-0.39, 0.29) is 24.1 Å². The third kappa shape index (κ3) is 4.83. The van der Waals surface area contributed by atoms with Crippen molar-refractivity contribution in [2.24, 2.45) is 5.10 Å². The van der Waals surface area contributed by atoms with Crippen molar-refractivity contribution >= 4 is 23.5 Å². The normalized spacial score (nSPS) is 12.2. The summed E-state index contributed by atoms with van der Waals surface area (Å²) in [5.74, 6) is -0.397. The lowest BCUT2D eigenvalue weighted by Gasteiger charge is -2.05. The molecule has 0 unspecified atom stereocenters. The van der Waals surface area contributed by atoms with Crippen LogP contribution in [0.1, 0.15) is 24.1 Å². The molecule has 1 aromatic heterocycles. The largest absolute Gasteiger partial charge is 0.273 e. The monoisotopic (exact) mass is 367 g/mol. The van der Waals surface area contributed by atoms with Gasteiger partial charge >= 0.3 is 0 Å². The Labute approximate surface area is 155 Å². The molecule has 0 saturated carbocycles. The van der Waals surface area contributed by atoms with E-state index in [0.29, 0.717) is 5.69 Å². The van der Waals surface area contributed by atoms with Gasteiger partial charge in [-0.25, -0.2) is 14.8 Å². The Kier molecular flexibility index (Phi) is 5.86. The molecule has 0 spiro atoms. The number of halogens is 1. The van der Waals surface area contributed by atoms with Gasteiger partial charge in [0.25, 0.3) is 0 Å². The Morgan fingerprint density at radius 1 is 1.23 bits per heavy atom. The van der Waals surface area contributed by atoms with E-state index in [9.17, 15) is 9.18 Å². The lowest BCUT2D eigenvalue weighted by atomic mass is 10.0. The van der Waals surface area contributed by atoms with Gasteiger partial charge in [-0.05, 0) is 29.8 Å². The van der Waals surface area contributed by atoms with Crippen LogP contribution in [0.3, 0.4) is 0 Å². The van der Waals surface area contributed by atoms with Crippen molar-refractivity contribution < 1.29 is 9.18 Å². The van der Waals surface area contributed by atoms with E-state index in [1.807, 2.05) is 42.6 Å². The first-order chi connectivity index (χ1) is 12.6. The van der Waals surface area contributed by atoms with Gasteiger partial charge in [-0.1, -0.05) is 37.3 Å². The molecule has 4 nitrogen and oxygen atoms in total. The smallest absolute Gasteiger partial charge is 0.246 e. The summed E-state index contributed by atoms with van der Waals surface area (Å²) in [4.78, 5) is 16.4. The van der Waals surface area contributed by atoms with Gasteiger partial charge in [0.1, 0.15) is 10.8 Å². The van der Waals surface area contributed by atoms with Gasteiger partial charge in [0, 0.05) is 23.1 Å². The van der Waals surface area contributed by atoms with Gasteiger partial charge in [0.2, 0.25) is 5.91 Å². The highest BCUT2D eigenvalue weighted by Gasteiger charge is 2.09. The van der Waals surface area contributed by atoms with Gasteiger partial charge in [-0.3, -0.25) is 4.79 Å². The molecular formula is C20H18FN3OS. The van der Waals surface area contributed by atoms with Crippen LogP contribution in [0.5, 0.6) is 0 Å². The molecule has 0 fully saturated rings. The Bertz CT molecular complexity index is 891. The van der Waals surface area contributed by atoms with Crippen molar-refractivity contribution in [3.05, 3.63) is 77.1 Å². The maximum Gasteiger partial charge on any atom is 0.246 e. The summed E-state index contributed by atoms with van der Waals surface area (Å²) in [6, 6.07) is 16.1. The maximum absolute atomic E-state index is 13.0. The fourth-order valence-electron chi connectivity index (χ4n) is 2.38. The zero-order valence-corrected chi connectivity index (χ0v) is 15.0. The second kappa shape index (κ2) is 8.49. The van der Waals surface area contributed by atoms with E-state index in [4.69, 9.17) is 0 Å². The number of hydrogen-bond acceptors (Lipinski definition) is 4. The summed E-state index contributed by atoms with van der Waals surface area (Å²) in [5.41, 5.74) is 5.16. The number of hydrogen-bond donors (Lipinski definition) is 1. The van der Waals surface area contributed by atoms with Crippen LogP contribution < -0.4 is 5.43 Å². The number of thiazole rings is 1. The molecule has 1 amide bonds. The molecule has 26 heavy (non-hydrogen) atoms. The average Bonchev–Trinajstić information content (AvgIpc) is 3.11. The summed E-state index contributed by atoms with van der Waals surface area (Å²) in [5, 5.41) is 6.61. The van der Waals surface area contributed by atoms with Crippen molar-refractivity contribution in [2.45, 2.75) is 19.3 Å². The van der Waals surface area contributed by atoms with E-state index in [2.05, 4.69) is 15.5 Å². The highest BCUT2D eigenvalue weighted by molar-refractivity contribution is 7.13.